The Morgan fingerprint density at radius 1 is 1.19 bits per heavy atom. The lowest BCUT2D eigenvalue weighted by Crippen LogP contribution is -2.40. The first kappa shape index (κ1) is 15.7. The summed E-state index contributed by atoms with van der Waals surface area (Å²) in [5.74, 6) is -0.899. The van der Waals surface area contributed by atoms with E-state index in [1.54, 1.807) is 6.07 Å². The molecule has 1 aromatic carbocycles. The average Bonchev–Trinajstić information content (AvgIpc) is 2.72. The summed E-state index contributed by atoms with van der Waals surface area (Å²) in [6.45, 7) is -0.906. The summed E-state index contributed by atoms with van der Waals surface area (Å²) >= 11 is 0. The fourth-order valence-corrected chi connectivity index (χ4v) is 2.60. The van der Waals surface area contributed by atoms with Gasteiger partial charge in [-0.1, -0.05) is 18.2 Å². The molecule has 0 aromatic heterocycles. The smallest absolute Gasteiger partial charge is 0.418 e. The number of halogens is 3. The molecule has 1 heterocycles. The molecular formula is C11H9F3O6S. The highest BCUT2D eigenvalue weighted by Crippen LogP contribution is 2.34. The van der Waals surface area contributed by atoms with Crippen LogP contribution in [0, 0.1) is 0 Å². The molecule has 116 valence electrons. The van der Waals surface area contributed by atoms with Gasteiger partial charge in [0.15, 0.2) is 0 Å². The van der Waals surface area contributed by atoms with Crippen LogP contribution in [0.4, 0.5) is 13.2 Å². The van der Waals surface area contributed by atoms with E-state index in [9.17, 15) is 26.4 Å². The standard InChI is InChI=1S/C11H9F3O6S/c12-11(13,14)9-8(19-21(16,17)20-9)6-18-10(15)7-4-2-1-3-5-7/h1-5,8-9H,6H2/t8-,9+/m0/s1. The second kappa shape index (κ2) is 5.62. The molecule has 0 aliphatic carbocycles. The van der Waals surface area contributed by atoms with E-state index < -0.39 is 41.4 Å². The molecule has 0 saturated carbocycles. The van der Waals surface area contributed by atoms with Gasteiger partial charge < -0.3 is 4.74 Å². The van der Waals surface area contributed by atoms with Crippen LogP contribution in [-0.2, 0) is 23.5 Å². The fraction of sp³-hybridized carbons (Fsp3) is 0.364. The van der Waals surface area contributed by atoms with Crippen LogP contribution in [0.2, 0.25) is 0 Å². The molecule has 0 bridgehead atoms. The van der Waals surface area contributed by atoms with Gasteiger partial charge in [0.05, 0.1) is 5.56 Å². The van der Waals surface area contributed by atoms with Crippen molar-refractivity contribution >= 4 is 16.4 Å². The molecule has 21 heavy (non-hydrogen) atoms. The number of hydrogen-bond donors (Lipinski definition) is 0. The van der Waals surface area contributed by atoms with Crippen molar-refractivity contribution in [1.82, 2.24) is 0 Å². The van der Waals surface area contributed by atoms with Crippen molar-refractivity contribution in [2.45, 2.75) is 18.4 Å². The third-order valence-corrected chi connectivity index (χ3v) is 3.44. The highest BCUT2D eigenvalue weighted by atomic mass is 32.3. The summed E-state index contributed by atoms with van der Waals surface area (Å²) in [6.07, 6.45) is -9.64. The maximum Gasteiger partial charge on any atom is 0.418 e. The zero-order valence-corrected chi connectivity index (χ0v) is 11.1. The van der Waals surface area contributed by atoms with Crippen molar-refractivity contribution in [3.05, 3.63) is 35.9 Å². The minimum atomic E-state index is -4.96. The summed E-state index contributed by atoms with van der Waals surface area (Å²) in [5, 5.41) is 0. The Balaban J connectivity index is 2.03. The predicted molar refractivity (Wildman–Crippen MR) is 61.4 cm³/mol. The molecule has 2 rings (SSSR count). The number of esters is 1. The zero-order valence-electron chi connectivity index (χ0n) is 10.2. The van der Waals surface area contributed by atoms with E-state index in [2.05, 4.69) is 13.1 Å². The van der Waals surface area contributed by atoms with E-state index in [1.165, 1.54) is 24.3 Å². The van der Waals surface area contributed by atoms with Crippen LogP contribution < -0.4 is 0 Å². The molecule has 0 spiro atoms. The van der Waals surface area contributed by atoms with Gasteiger partial charge in [-0.25, -0.2) is 13.2 Å². The molecule has 0 N–H and O–H groups in total. The van der Waals surface area contributed by atoms with E-state index in [1.807, 2.05) is 0 Å². The molecule has 1 aromatic rings. The van der Waals surface area contributed by atoms with Gasteiger partial charge in [0.1, 0.15) is 12.7 Å². The van der Waals surface area contributed by atoms with E-state index in [4.69, 9.17) is 0 Å². The van der Waals surface area contributed by atoms with Gasteiger partial charge in [0.25, 0.3) is 0 Å². The van der Waals surface area contributed by atoms with Crippen molar-refractivity contribution < 1.29 is 39.5 Å². The predicted octanol–water partition coefficient (Wildman–Crippen LogP) is 1.43. The fourth-order valence-electron chi connectivity index (χ4n) is 1.61. The molecule has 10 heteroatoms. The monoisotopic (exact) mass is 326 g/mol. The summed E-state index contributed by atoms with van der Waals surface area (Å²) < 4.78 is 72.2. The lowest BCUT2D eigenvalue weighted by molar-refractivity contribution is -0.204. The van der Waals surface area contributed by atoms with Gasteiger partial charge in [-0.15, -0.1) is 0 Å². The lowest BCUT2D eigenvalue weighted by atomic mass is 10.2. The second-order valence-corrected chi connectivity index (χ2v) is 5.27. The third-order valence-electron chi connectivity index (χ3n) is 2.51. The minimum Gasteiger partial charge on any atom is -0.459 e. The topological polar surface area (TPSA) is 78.9 Å². The third kappa shape index (κ3) is 3.93. The van der Waals surface area contributed by atoms with Crippen LogP contribution in [-0.4, -0.2) is 39.4 Å². The maximum absolute atomic E-state index is 12.6. The first-order valence-electron chi connectivity index (χ1n) is 5.59. The Morgan fingerprint density at radius 3 is 2.38 bits per heavy atom. The first-order valence-corrected chi connectivity index (χ1v) is 6.93. The molecule has 1 aliphatic heterocycles. The van der Waals surface area contributed by atoms with Gasteiger partial charge in [-0.05, 0) is 12.1 Å². The molecular weight excluding hydrogens is 317 g/mol. The highest BCUT2D eigenvalue weighted by Gasteiger charge is 2.56. The van der Waals surface area contributed by atoms with E-state index >= 15 is 0 Å². The largest absolute Gasteiger partial charge is 0.459 e. The Labute approximate surface area is 117 Å². The summed E-state index contributed by atoms with van der Waals surface area (Å²) in [7, 11) is -4.75. The quantitative estimate of drug-likeness (QED) is 0.782. The summed E-state index contributed by atoms with van der Waals surface area (Å²) in [6, 6.07) is 7.50. The average molecular weight is 326 g/mol. The molecule has 1 saturated heterocycles. The minimum absolute atomic E-state index is 0.114. The molecule has 1 aliphatic rings. The van der Waals surface area contributed by atoms with Crippen molar-refractivity contribution in [3.63, 3.8) is 0 Å². The number of carbonyl (C=O) groups excluding carboxylic acids is 1. The second-order valence-electron chi connectivity index (χ2n) is 4.07. The van der Waals surface area contributed by atoms with Gasteiger partial charge in [-0.2, -0.15) is 21.6 Å². The number of alkyl halides is 3. The summed E-state index contributed by atoms with van der Waals surface area (Å²) in [4.78, 5) is 11.6. The molecule has 0 amide bonds. The summed E-state index contributed by atoms with van der Waals surface area (Å²) in [5.41, 5.74) is 0.114. The maximum atomic E-state index is 12.6. The SMILES string of the molecule is O=C(OC[C@@H]1OS(=O)(=O)O[C@H]1C(F)(F)F)c1ccccc1. The number of hydrogen-bond acceptors (Lipinski definition) is 6. The van der Waals surface area contributed by atoms with Crippen LogP contribution in [0.5, 0.6) is 0 Å². The lowest BCUT2D eigenvalue weighted by Gasteiger charge is -2.17. The van der Waals surface area contributed by atoms with Crippen LogP contribution in [0.1, 0.15) is 10.4 Å². The Morgan fingerprint density at radius 2 is 1.81 bits per heavy atom. The van der Waals surface area contributed by atoms with Crippen LogP contribution >= 0.6 is 0 Å². The Bertz CT molecular complexity index is 613. The van der Waals surface area contributed by atoms with Gasteiger partial charge in [0.2, 0.25) is 6.10 Å². The molecule has 0 unspecified atom stereocenters. The van der Waals surface area contributed by atoms with Crippen molar-refractivity contribution in [3.8, 4) is 0 Å². The van der Waals surface area contributed by atoms with Gasteiger partial charge in [0, 0.05) is 0 Å². The Kier molecular flexibility index (Phi) is 4.21. The number of ether oxygens (including phenoxy) is 1. The van der Waals surface area contributed by atoms with E-state index in [0.717, 1.165) is 0 Å². The van der Waals surface area contributed by atoms with E-state index in [-0.39, 0.29) is 5.56 Å². The number of benzene rings is 1. The van der Waals surface area contributed by atoms with Gasteiger partial charge >= 0.3 is 22.5 Å². The zero-order chi connectivity index (χ0) is 15.7. The van der Waals surface area contributed by atoms with Crippen molar-refractivity contribution in [2.75, 3.05) is 6.61 Å². The Hall–Kier alpha value is -1.65. The molecule has 2 atom stereocenters. The van der Waals surface area contributed by atoms with Crippen LogP contribution in [0.25, 0.3) is 0 Å². The van der Waals surface area contributed by atoms with Crippen LogP contribution in [0.3, 0.4) is 0 Å². The number of rotatable bonds is 3. The first-order chi connectivity index (χ1) is 9.69. The highest BCUT2D eigenvalue weighted by molar-refractivity contribution is 7.82. The van der Waals surface area contributed by atoms with Gasteiger partial charge in [-0.3, -0.25) is 0 Å². The molecule has 1 fully saturated rings. The number of carbonyl (C=O) groups is 1. The van der Waals surface area contributed by atoms with Crippen LogP contribution in [0.15, 0.2) is 30.3 Å². The van der Waals surface area contributed by atoms with Crippen molar-refractivity contribution in [2.24, 2.45) is 0 Å². The normalized spacial score (nSPS) is 24.7. The molecule has 0 radical (unpaired) electrons. The molecule has 6 nitrogen and oxygen atoms in total. The van der Waals surface area contributed by atoms with Crippen molar-refractivity contribution in [1.29, 1.82) is 0 Å². The van der Waals surface area contributed by atoms with E-state index in [0.29, 0.717) is 0 Å².